The SMILES string of the molecule is Fc1ccc(Cn2nnc3c(SCc4cccc(Cl)c4)ncnc32)cc1. The molecular weight excluding hydrogens is 373 g/mol. The van der Waals surface area contributed by atoms with Crippen molar-refractivity contribution in [2.24, 2.45) is 0 Å². The highest BCUT2D eigenvalue weighted by Crippen LogP contribution is 2.27. The molecule has 0 aliphatic heterocycles. The van der Waals surface area contributed by atoms with E-state index in [1.165, 1.54) is 18.5 Å². The maximum absolute atomic E-state index is 13.1. The lowest BCUT2D eigenvalue weighted by Crippen LogP contribution is -2.03. The van der Waals surface area contributed by atoms with Crippen LogP contribution >= 0.6 is 23.4 Å². The number of thioether (sulfide) groups is 1. The van der Waals surface area contributed by atoms with Crippen molar-refractivity contribution < 1.29 is 4.39 Å². The van der Waals surface area contributed by atoms with E-state index < -0.39 is 0 Å². The highest BCUT2D eigenvalue weighted by atomic mass is 35.5. The first-order chi connectivity index (χ1) is 12.7. The van der Waals surface area contributed by atoms with Crippen molar-refractivity contribution in [1.29, 1.82) is 0 Å². The number of hydrogen-bond acceptors (Lipinski definition) is 5. The van der Waals surface area contributed by atoms with Crippen molar-refractivity contribution in [3.05, 3.63) is 76.8 Å². The standard InChI is InChI=1S/C18H13ClFN5S/c19-14-3-1-2-13(8-14)10-26-18-16-17(21-11-22-18)25(24-23-16)9-12-4-6-15(20)7-5-12/h1-8,11H,9-10H2. The zero-order chi connectivity index (χ0) is 17.9. The third-order valence-corrected chi connectivity index (χ3v) is 5.06. The molecule has 8 heteroatoms. The van der Waals surface area contributed by atoms with E-state index in [1.807, 2.05) is 24.3 Å². The Morgan fingerprint density at radius 3 is 2.69 bits per heavy atom. The quantitative estimate of drug-likeness (QED) is 0.377. The van der Waals surface area contributed by atoms with Crippen LogP contribution in [0.3, 0.4) is 0 Å². The molecule has 0 bridgehead atoms. The number of nitrogens with zero attached hydrogens (tertiary/aromatic N) is 5. The Kier molecular flexibility index (Phi) is 4.81. The topological polar surface area (TPSA) is 56.5 Å². The molecule has 0 aliphatic rings. The predicted octanol–water partition coefficient (Wildman–Crippen LogP) is 4.35. The summed E-state index contributed by atoms with van der Waals surface area (Å²) < 4.78 is 14.7. The Morgan fingerprint density at radius 1 is 1.04 bits per heavy atom. The molecule has 0 saturated heterocycles. The van der Waals surface area contributed by atoms with Crippen molar-refractivity contribution >= 4 is 34.5 Å². The van der Waals surface area contributed by atoms with Crippen LogP contribution in [-0.4, -0.2) is 25.0 Å². The van der Waals surface area contributed by atoms with Crippen molar-refractivity contribution in [2.45, 2.75) is 17.3 Å². The molecular formula is C18H13ClFN5S. The van der Waals surface area contributed by atoms with Gasteiger partial charge in [0.1, 0.15) is 17.2 Å². The van der Waals surface area contributed by atoms with E-state index >= 15 is 0 Å². The first-order valence-corrected chi connectivity index (χ1v) is 9.21. The van der Waals surface area contributed by atoms with Gasteiger partial charge in [-0.05, 0) is 35.4 Å². The maximum atomic E-state index is 13.1. The van der Waals surface area contributed by atoms with Gasteiger partial charge in [-0.1, -0.05) is 52.8 Å². The van der Waals surface area contributed by atoms with Crippen LogP contribution in [0.2, 0.25) is 5.02 Å². The number of rotatable bonds is 5. The number of fused-ring (bicyclic) bond motifs is 1. The Balaban J connectivity index is 1.57. The van der Waals surface area contributed by atoms with Crippen LogP contribution in [0.4, 0.5) is 4.39 Å². The highest BCUT2D eigenvalue weighted by Gasteiger charge is 2.12. The second-order valence-electron chi connectivity index (χ2n) is 5.64. The second kappa shape index (κ2) is 7.39. The van der Waals surface area contributed by atoms with Gasteiger partial charge in [0.05, 0.1) is 6.54 Å². The number of benzene rings is 2. The van der Waals surface area contributed by atoms with Gasteiger partial charge < -0.3 is 0 Å². The number of hydrogen-bond donors (Lipinski definition) is 0. The highest BCUT2D eigenvalue weighted by molar-refractivity contribution is 7.98. The summed E-state index contributed by atoms with van der Waals surface area (Å²) in [6.45, 7) is 0.464. The predicted molar refractivity (Wildman–Crippen MR) is 99.6 cm³/mol. The molecule has 4 aromatic rings. The third-order valence-electron chi connectivity index (χ3n) is 3.78. The van der Waals surface area contributed by atoms with Gasteiger partial charge in [0.25, 0.3) is 0 Å². The fourth-order valence-corrected chi connectivity index (χ4v) is 3.61. The Bertz CT molecular complexity index is 1050. The summed E-state index contributed by atoms with van der Waals surface area (Å²) in [5.74, 6) is 0.455. The summed E-state index contributed by atoms with van der Waals surface area (Å²) >= 11 is 7.59. The minimum Gasteiger partial charge on any atom is -0.227 e. The van der Waals surface area contributed by atoms with E-state index in [2.05, 4.69) is 20.3 Å². The molecule has 0 spiro atoms. The molecule has 2 aromatic heterocycles. The van der Waals surface area contributed by atoms with Gasteiger partial charge in [-0.3, -0.25) is 0 Å². The largest absolute Gasteiger partial charge is 0.227 e. The van der Waals surface area contributed by atoms with Crippen LogP contribution in [0.15, 0.2) is 59.9 Å². The van der Waals surface area contributed by atoms with Crippen LogP contribution in [0, 0.1) is 5.82 Å². The Labute approximate surface area is 158 Å². The zero-order valence-electron chi connectivity index (χ0n) is 13.5. The van der Waals surface area contributed by atoms with Gasteiger partial charge in [-0.25, -0.2) is 19.0 Å². The Morgan fingerprint density at radius 2 is 1.88 bits per heavy atom. The fraction of sp³-hybridized carbons (Fsp3) is 0.111. The van der Waals surface area contributed by atoms with Crippen molar-refractivity contribution in [1.82, 2.24) is 25.0 Å². The third kappa shape index (κ3) is 3.68. The minimum absolute atomic E-state index is 0.265. The molecule has 130 valence electrons. The van der Waals surface area contributed by atoms with Crippen molar-refractivity contribution in [3.8, 4) is 0 Å². The average molecular weight is 386 g/mol. The fourth-order valence-electron chi connectivity index (χ4n) is 2.52. The zero-order valence-corrected chi connectivity index (χ0v) is 15.1. The van der Waals surface area contributed by atoms with E-state index in [4.69, 9.17) is 11.6 Å². The summed E-state index contributed by atoms with van der Waals surface area (Å²) in [4.78, 5) is 8.63. The van der Waals surface area contributed by atoms with E-state index in [1.54, 1.807) is 28.6 Å². The molecule has 0 N–H and O–H groups in total. The smallest absolute Gasteiger partial charge is 0.183 e. The molecule has 0 radical (unpaired) electrons. The molecule has 0 unspecified atom stereocenters. The average Bonchev–Trinajstić information content (AvgIpc) is 3.05. The molecule has 4 rings (SSSR count). The Hall–Kier alpha value is -2.51. The van der Waals surface area contributed by atoms with Crippen LogP contribution in [-0.2, 0) is 12.3 Å². The van der Waals surface area contributed by atoms with Crippen molar-refractivity contribution in [3.63, 3.8) is 0 Å². The number of aromatic nitrogens is 5. The first-order valence-electron chi connectivity index (χ1n) is 7.85. The van der Waals surface area contributed by atoms with E-state index in [0.717, 1.165) is 21.9 Å². The van der Waals surface area contributed by atoms with Gasteiger partial charge in [0.15, 0.2) is 11.2 Å². The molecule has 0 aliphatic carbocycles. The normalized spacial score (nSPS) is 11.2. The van der Waals surface area contributed by atoms with E-state index in [9.17, 15) is 4.39 Å². The molecule has 0 saturated carbocycles. The van der Waals surface area contributed by atoms with Crippen molar-refractivity contribution in [2.75, 3.05) is 0 Å². The maximum Gasteiger partial charge on any atom is 0.183 e. The van der Waals surface area contributed by atoms with Crippen LogP contribution < -0.4 is 0 Å². The van der Waals surface area contributed by atoms with Crippen LogP contribution in [0.5, 0.6) is 0 Å². The van der Waals surface area contributed by atoms with Gasteiger partial charge in [0, 0.05) is 10.8 Å². The van der Waals surface area contributed by atoms with Gasteiger partial charge in [0.2, 0.25) is 0 Å². The molecule has 2 aromatic carbocycles. The summed E-state index contributed by atoms with van der Waals surface area (Å²) in [5.41, 5.74) is 3.33. The molecule has 2 heterocycles. The van der Waals surface area contributed by atoms with Crippen LogP contribution in [0.1, 0.15) is 11.1 Å². The summed E-state index contributed by atoms with van der Waals surface area (Å²) in [5, 5.41) is 9.88. The number of halogens is 2. The van der Waals surface area contributed by atoms with E-state index in [0.29, 0.717) is 22.7 Å². The monoisotopic (exact) mass is 385 g/mol. The minimum atomic E-state index is -0.265. The molecule has 0 amide bonds. The summed E-state index contributed by atoms with van der Waals surface area (Å²) in [7, 11) is 0. The van der Waals surface area contributed by atoms with E-state index in [-0.39, 0.29) is 5.82 Å². The lowest BCUT2D eigenvalue weighted by Gasteiger charge is -2.04. The lowest BCUT2D eigenvalue weighted by atomic mass is 10.2. The van der Waals surface area contributed by atoms with Gasteiger partial charge in [-0.15, -0.1) is 5.10 Å². The molecule has 0 atom stereocenters. The summed E-state index contributed by atoms with van der Waals surface area (Å²) in [6.07, 6.45) is 1.51. The second-order valence-corrected chi connectivity index (χ2v) is 7.04. The lowest BCUT2D eigenvalue weighted by molar-refractivity contribution is 0.623. The summed E-state index contributed by atoms with van der Waals surface area (Å²) in [6, 6.07) is 14.0. The molecule has 5 nitrogen and oxygen atoms in total. The van der Waals surface area contributed by atoms with Gasteiger partial charge in [-0.2, -0.15) is 0 Å². The molecule has 0 fully saturated rings. The van der Waals surface area contributed by atoms with Crippen LogP contribution in [0.25, 0.3) is 11.2 Å². The molecule has 26 heavy (non-hydrogen) atoms. The van der Waals surface area contributed by atoms with Gasteiger partial charge >= 0.3 is 0 Å². The first kappa shape index (κ1) is 16.9.